The smallest absolute Gasteiger partial charge is 0.257 e. The number of hydrogen-bond acceptors (Lipinski definition) is 6. The van der Waals surface area contributed by atoms with E-state index in [0.717, 1.165) is 47.3 Å². The maximum Gasteiger partial charge on any atom is 0.257 e. The van der Waals surface area contributed by atoms with Crippen LogP contribution in [0.4, 0.5) is 17.1 Å². The van der Waals surface area contributed by atoms with Crippen LogP contribution in [0.1, 0.15) is 26.3 Å². The number of rotatable bonds is 8. The Bertz CT molecular complexity index is 1290. The highest BCUT2D eigenvalue weighted by Gasteiger charge is 2.20. The van der Waals surface area contributed by atoms with E-state index in [-0.39, 0.29) is 11.5 Å². The van der Waals surface area contributed by atoms with Gasteiger partial charge in [0.05, 0.1) is 11.3 Å². The molecule has 7 nitrogen and oxygen atoms in total. The van der Waals surface area contributed by atoms with E-state index < -0.39 is 11.0 Å². The van der Waals surface area contributed by atoms with Crippen molar-refractivity contribution >= 4 is 63.8 Å². The van der Waals surface area contributed by atoms with Crippen molar-refractivity contribution in [3.8, 4) is 0 Å². The normalized spacial score (nSPS) is 14.8. The Labute approximate surface area is 229 Å². The van der Waals surface area contributed by atoms with Gasteiger partial charge in [-0.15, -0.1) is 0 Å². The van der Waals surface area contributed by atoms with Gasteiger partial charge in [0.1, 0.15) is 17.3 Å². The van der Waals surface area contributed by atoms with Gasteiger partial charge in [-0.3, -0.25) is 13.9 Å². The molecule has 4 rings (SSSR count). The number of carbonyl (C=O) groups is 2. The number of piperazine rings is 1. The summed E-state index contributed by atoms with van der Waals surface area (Å²) < 4.78 is 15.8. The number of benzene rings is 3. The summed E-state index contributed by atoms with van der Waals surface area (Å²) in [5.74, 6) is -0.372. The zero-order valence-corrected chi connectivity index (χ0v) is 23.3. The van der Waals surface area contributed by atoms with Crippen molar-refractivity contribution in [1.29, 1.82) is 0 Å². The monoisotopic (exact) mass is 556 g/mol. The summed E-state index contributed by atoms with van der Waals surface area (Å²) >= 11 is 7.93. The Morgan fingerprint density at radius 3 is 2.38 bits per heavy atom. The Hall–Kier alpha value is -2.85. The van der Waals surface area contributed by atoms with Crippen LogP contribution < -0.4 is 14.5 Å². The van der Waals surface area contributed by atoms with Crippen molar-refractivity contribution in [3.63, 3.8) is 0 Å². The molecule has 1 aliphatic heterocycles. The first-order chi connectivity index (χ1) is 17.7. The number of hydrogen-bond donors (Lipinski definition) is 1. The van der Waals surface area contributed by atoms with Crippen LogP contribution in [0.25, 0.3) is 0 Å². The highest BCUT2D eigenvalue weighted by atomic mass is 35.5. The Morgan fingerprint density at radius 2 is 1.76 bits per heavy atom. The molecule has 3 aromatic rings. The molecule has 37 heavy (non-hydrogen) atoms. The highest BCUT2D eigenvalue weighted by molar-refractivity contribution is 7.97. The summed E-state index contributed by atoms with van der Waals surface area (Å²) in [5.41, 5.74) is 4.11. The molecule has 3 aromatic carbocycles. The van der Waals surface area contributed by atoms with Crippen molar-refractivity contribution in [2.75, 3.05) is 54.0 Å². The number of anilines is 3. The molecule has 1 heterocycles. The van der Waals surface area contributed by atoms with Crippen LogP contribution in [0.5, 0.6) is 0 Å². The van der Waals surface area contributed by atoms with Crippen molar-refractivity contribution in [2.45, 2.75) is 11.8 Å². The molecule has 1 unspecified atom stereocenters. The number of amides is 1. The van der Waals surface area contributed by atoms with Crippen LogP contribution in [0, 0.1) is 6.92 Å². The third-order valence-corrected chi connectivity index (χ3v) is 8.40. The second kappa shape index (κ2) is 12.1. The van der Waals surface area contributed by atoms with Crippen molar-refractivity contribution in [1.82, 2.24) is 4.31 Å². The van der Waals surface area contributed by atoms with E-state index in [2.05, 4.69) is 27.5 Å². The van der Waals surface area contributed by atoms with Crippen molar-refractivity contribution in [2.24, 2.45) is 0 Å². The van der Waals surface area contributed by atoms with E-state index in [0.29, 0.717) is 23.2 Å². The second-order valence-corrected chi connectivity index (χ2v) is 11.8. The topological polar surface area (TPSA) is 73.0 Å². The third-order valence-electron chi connectivity index (χ3n) is 6.10. The minimum absolute atomic E-state index is 0.286. The van der Waals surface area contributed by atoms with E-state index in [1.54, 1.807) is 31.1 Å². The van der Waals surface area contributed by atoms with Crippen LogP contribution in [-0.4, -0.2) is 60.2 Å². The van der Waals surface area contributed by atoms with E-state index in [1.807, 2.05) is 36.4 Å². The lowest BCUT2D eigenvalue weighted by molar-refractivity contribution is 0.102. The predicted molar refractivity (Wildman–Crippen MR) is 155 cm³/mol. The summed E-state index contributed by atoms with van der Waals surface area (Å²) in [4.78, 5) is 27.7. The first-order valence-electron chi connectivity index (χ1n) is 11.8. The number of halogens is 1. The number of aryl methyl sites for hydroxylation is 1. The van der Waals surface area contributed by atoms with Gasteiger partial charge in [0, 0.05) is 66.3 Å². The molecule has 194 valence electrons. The molecule has 1 aliphatic rings. The molecule has 0 aliphatic carbocycles. The fourth-order valence-electron chi connectivity index (χ4n) is 4.11. The first kappa shape index (κ1) is 27.2. The standard InChI is InChI=1S/C27H29ClN4O3S2/c1-19-14-21(28)17-23(15-19)31-10-12-32(13-11-31)36-24-7-5-22(6-8-24)29-27(34)25-16-20(18-33)4-9-26(25)30(2)37(3)35/h4-9,14-18H,10-13H2,1-3H3,(H,29,34). The molecule has 0 aromatic heterocycles. The molecule has 0 saturated carbocycles. The zero-order chi connectivity index (χ0) is 26.5. The van der Waals surface area contributed by atoms with E-state index in [9.17, 15) is 13.8 Å². The molecular weight excluding hydrogens is 528 g/mol. The number of nitrogens with zero attached hydrogens (tertiary/aromatic N) is 3. The molecule has 1 saturated heterocycles. The fraction of sp³-hybridized carbons (Fsp3) is 0.259. The van der Waals surface area contributed by atoms with E-state index in [4.69, 9.17) is 11.6 Å². The summed E-state index contributed by atoms with van der Waals surface area (Å²) in [6.07, 6.45) is 2.22. The molecule has 10 heteroatoms. The maximum atomic E-state index is 13.0. The number of nitrogens with one attached hydrogen (secondary N) is 1. The predicted octanol–water partition coefficient (Wildman–Crippen LogP) is 5.27. The van der Waals surface area contributed by atoms with Crippen LogP contribution in [-0.2, 0) is 11.0 Å². The minimum atomic E-state index is -1.32. The lowest BCUT2D eigenvalue weighted by atomic mass is 10.1. The highest BCUT2D eigenvalue weighted by Crippen LogP contribution is 2.29. The van der Waals surface area contributed by atoms with Gasteiger partial charge in [0.25, 0.3) is 5.91 Å². The minimum Gasteiger partial charge on any atom is -0.369 e. The van der Waals surface area contributed by atoms with Crippen LogP contribution in [0.2, 0.25) is 5.02 Å². The summed E-state index contributed by atoms with van der Waals surface area (Å²) in [7, 11) is 0.327. The average Bonchev–Trinajstić information content (AvgIpc) is 2.88. The van der Waals surface area contributed by atoms with Gasteiger partial charge < -0.3 is 10.2 Å². The van der Waals surface area contributed by atoms with Gasteiger partial charge in [-0.1, -0.05) is 11.6 Å². The van der Waals surface area contributed by atoms with Gasteiger partial charge in [-0.2, -0.15) is 0 Å². The lowest BCUT2D eigenvalue weighted by Crippen LogP contribution is -2.43. The van der Waals surface area contributed by atoms with Crippen molar-refractivity contribution in [3.05, 3.63) is 82.4 Å². The van der Waals surface area contributed by atoms with E-state index >= 15 is 0 Å². The van der Waals surface area contributed by atoms with Gasteiger partial charge in [0.2, 0.25) is 0 Å². The van der Waals surface area contributed by atoms with Crippen LogP contribution >= 0.6 is 23.5 Å². The second-order valence-electron chi connectivity index (χ2n) is 8.79. The molecule has 1 fully saturated rings. The number of carbonyl (C=O) groups excluding carboxylic acids is 2. The lowest BCUT2D eigenvalue weighted by Gasteiger charge is -2.35. The first-order valence-corrected chi connectivity index (χ1v) is 14.4. The zero-order valence-electron chi connectivity index (χ0n) is 20.9. The molecule has 0 radical (unpaired) electrons. The van der Waals surface area contributed by atoms with Gasteiger partial charge in [0.15, 0.2) is 0 Å². The Balaban J connectivity index is 1.37. The van der Waals surface area contributed by atoms with Crippen LogP contribution in [0.3, 0.4) is 0 Å². The molecule has 1 atom stereocenters. The molecule has 1 N–H and O–H groups in total. The quantitative estimate of drug-likeness (QED) is 0.301. The molecule has 1 amide bonds. The third kappa shape index (κ3) is 6.93. The van der Waals surface area contributed by atoms with Gasteiger partial charge in [-0.25, -0.2) is 8.51 Å². The Morgan fingerprint density at radius 1 is 1.05 bits per heavy atom. The van der Waals surface area contributed by atoms with Gasteiger partial charge in [-0.05, 0) is 85.1 Å². The fourth-order valence-corrected chi connectivity index (χ4v) is 5.73. The number of aldehydes is 1. The summed E-state index contributed by atoms with van der Waals surface area (Å²) in [5, 5.41) is 3.65. The SMILES string of the molecule is Cc1cc(Cl)cc(N2CCN(Sc3ccc(NC(=O)c4cc(C=O)ccc4N(C)S(C)=O)cc3)CC2)c1. The molecule has 0 spiro atoms. The average molecular weight is 557 g/mol. The summed E-state index contributed by atoms with van der Waals surface area (Å²) in [6.45, 7) is 5.72. The maximum absolute atomic E-state index is 13.0. The molecular formula is C27H29ClN4O3S2. The van der Waals surface area contributed by atoms with Crippen LogP contribution in [0.15, 0.2) is 65.6 Å². The van der Waals surface area contributed by atoms with E-state index in [1.165, 1.54) is 16.6 Å². The summed E-state index contributed by atoms with van der Waals surface area (Å²) in [6, 6.07) is 18.6. The van der Waals surface area contributed by atoms with Crippen molar-refractivity contribution < 1.29 is 13.8 Å². The Kier molecular flexibility index (Phi) is 8.91. The van der Waals surface area contributed by atoms with Gasteiger partial charge >= 0.3 is 0 Å². The largest absolute Gasteiger partial charge is 0.369 e. The molecule has 0 bridgehead atoms.